The number of nitrogens with zero attached hydrogens (tertiary/aromatic N) is 3. The summed E-state index contributed by atoms with van der Waals surface area (Å²) < 4.78 is 32.1. The maximum atomic E-state index is 12.8. The zero-order chi connectivity index (χ0) is 25.4. The molecule has 35 heavy (non-hydrogen) atoms. The zero-order valence-corrected chi connectivity index (χ0v) is 21.3. The lowest BCUT2D eigenvalue weighted by atomic mass is 10.1. The van der Waals surface area contributed by atoms with Gasteiger partial charge in [-0.25, -0.2) is 14.6 Å². The summed E-state index contributed by atoms with van der Waals surface area (Å²) in [6, 6.07) is -0.866. The molecule has 0 radical (unpaired) electrons. The molecule has 0 spiro atoms. The van der Waals surface area contributed by atoms with E-state index in [1.54, 1.807) is 31.9 Å². The van der Waals surface area contributed by atoms with Gasteiger partial charge in [0.2, 0.25) is 6.79 Å². The molecule has 0 amide bonds. The highest BCUT2D eigenvalue weighted by atomic mass is 32.2. The molecule has 2 aliphatic rings. The minimum absolute atomic E-state index is 0.0463. The van der Waals surface area contributed by atoms with Gasteiger partial charge in [-0.1, -0.05) is 0 Å². The van der Waals surface area contributed by atoms with Gasteiger partial charge in [0.15, 0.2) is 10.8 Å². The summed E-state index contributed by atoms with van der Waals surface area (Å²) in [4.78, 5) is 47.3. The first-order valence-electron chi connectivity index (χ1n) is 11.0. The Morgan fingerprint density at radius 2 is 2.09 bits per heavy atom. The first kappa shape index (κ1) is 26.8. The van der Waals surface area contributed by atoms with E-state index in [1.165, 1.54) is 11.3 Å². The van der Waals surface area contributed by atoms with Crippen LogP contribution in [-0.4, -0.2) is 94.7 Å². The van der Waals surface area contributed by atoms with Crippen molar-refractivity contribution in [3.8, 4) is 0 Å². The molecule has 1 N–H and O–H groups in total. The van der Waals surface area contributed by atoms with Gasteiger partial charge in [0, 0.05) is 52.7 Å². The minimum atomic E-state index is -1.23. The molecular formula is C21H28N4O8S2. The van der Waals surface area contributed by atoms with Crippen LogP contribution in [0.2, 0.25) is 0 Å². The number of rotatable bonds is 9. The van der Waals surface area contributed by atoms with Gasteiger partial charge in [-0.05, 0) is 20.8 Å². The van der Waals surface area contributed by atoms with Crippen LogP contribution in [0.1, 0.15) is 25.8 Å². The molecule has 0 aliphatic carbocycles. The van der Waals surface area contributed by atoms with Crippen LogP contribution in [-0.2, 0) is 39.3 Å². The normalized spacial score (nSPS) is 20.6. The second-order valence-electron chi connectivity index (χ2n) is 7.74. The van der Waals surface area contributed by atoms with Gasteiger partial charge in [-0.2, -0.15) is 0 Å². The van der Waals surface area contributed by atoms with E-state index in [-0.39, 0.29) is 31.6 Å². The highest BCUT2D eigenvalue weighted by Gasteiger charge is 2.35. The van der Waals surface area contributed by atoms with Crippen LogP contribution in [0.3, 0.4) is 0 Å². The zero-order valence-electron chi connectivity index (χ0n) is 19.7. The first-order chi connectivity index (χ1) is 16.8. The van der Waals surface area contributed by atoms with Crippen LogP contribution < -0.4 is 5.32 Å². The fourth-order valence-electron chi connectivity index (χ4n) is 3.32. The molecule has 2 atom stereocenters. The number of carbonyl (C=O) groups is 3. The Kier molecular flexibility index (Phi) is 9.74. The van der Waals surface area contributed by atoms with Crippen LogP contribution in [0, 0.1) is 0 Å². The van der Waals surface area contributed by atoms with Crippen molar-refractivity contribution in [2.75, 3.05) is 44.5 Å². The Labute approximate surface area is 209 Å². The molecule has 1 aromatic heterocycles. The molecule has 2 aliphatic heterocycles. The van der Waals surface area contributed by atoms with Crippen molar-refractivity contribution >= 4 is 46.1 Å². The van der Waals surface area contributed by atoms with Gasteiger partial charge in [0.25, 0.3) is 0 Å². The number of aromatic nitrogens is 1. The van der Waals surface area contributed by atoms with Crippen molar-refractivity contribution in [3.05, 3.63) is 27.9 Å². The van der Waals surface area contributed by atoms with Crippen LogP contribution >= 0.6 is 11.3 Å². The number of hydrogen-bond donors (Lipinski definition) is 1. The smallest absolute Gasteiger partial charge is 0.463 e. The predicted molar refractivity (Wildman–Crippen MR) is 127 cm³/mol. The molecule has 0 saturated carbocycles. The summed E-state index contributed by atoms with van der Waals surface area (Å²) in [5.74, 6) is -0.284. The van der Waals surface area contributed by atoms with Gasteiger partial charge in [0.1, 0.15) is 6.04 Å². The molecule has 1 aromatic rings. The van der Waals surface area contributed by atoms with Crippen molar-refractivity contribution in [3.63, 3.8) is 0 Å². The van der Waals surface area contributed by atoms with Gasteiger partial charge in [-0.3, -0.25) is 18.9 Å². The highest BCUT2D eigenvalue weighted by Crippen LogP contribution is 2.19. The maximum Gasteiger partial charge on any atom is 0.511 e. The summed E-state index contributed by atoms with van der Waals surface area (Å²) in [7, 11) is -1.23. The number of thiazole rings is 1. The lowest BCUT2D eigenvalue weighted by molar-refractivity contribution is -0.159. The van der Waals surface area contributed by atoms with E-state index in [0.717, 1.165) is 0 Å². The van der Waals surface area contributed by atoms with Crippen LogP contribution in [0.5, 0.6) is 0 Å². The van der Waals surface area contributed by atoms with Crippen LogP contribution in [0.4, 0.5) is 4.79 Å². The number of nitrogens with one attached hydrogen (secondary N) is 1. The number of aliphatic imine (C=N–C) groups is 1. The Bertz CT molecular complexity index is 1010. The van der Waals surface area contributed by atoms with Crippen molar-refractivity contribution < 1.29 is 37.5 Å². The topological polar surface area (TPSA) is 146 Å². The average Bonchev–Trinajstić information content (AvgIpc) is 3.35. The minimum Gasteiger partial charge on any atom is -0.463 e. The Morgan fingerprint density at radius 1 is 1.29 bits per heavy atom. The largest absolute Gasteiger partial charge is 0.511 e. The second-order valence-corrected chi connectivity index (χ2v) is 10.3. The average molecular weight is 529 g/mol. The monoisotopic (exact) mass is 528 g/mol. The van der Waals surface area contributed by atoms with Crippen molar-refractivity contribution in [1.29, 1.82) is 0 Å². The predicted octanol–water partition coefficient (Wildman–Crippen LogP) is 0.805. The number of ether oxygens (including phenoxy) is 4. The fraction of sp³-hybridized carbons (Fsp3) is 0.571. The van der Waals surface area contributed by atoms with E-state index in [1.807, 2.05) is 5.38 Å². The molecule has 14 heteroatoms. The molecular weight excluding hydrogens is 500 g/mol. The van der Waals surface area contributed by atoms with E-state index < -0.39 is 41.7 Å². The molecule has 1 fully saturated rings. The third-order valence-corrected chi connectivity index (χ3v) is 7.02. The SMILES string of the molecule is CCOC(=O)C1=C(CN2CCS(=O)CC2C(=O)OCOC(=O)OC(C)C)NC(c2nccs2)=NC1. The molecule has 1 saturated heterocycles. The van der Waals surface area contributed by atoms with Crippen molar-refractivity contribution in [2.24, 2.45) is 4.99 Å². The summed E-state index contributed by atoms with van der Waals surface area (Å²) in [6.07, 6.45) is 0.318. The Balaban J connectivity index is 1.72. The molecule has 0 bridgehead atoms. The fourth-order valence-corrected chi connectivity index (χ4v) is 5.22. The number of esters is 2. The molecule has 12 nitrogen and oxygen atoms in total. The Morgan fingerprint density at radius 3 is 2.77 bits per heavy atom. The number of carbonyl (C=O) groups excluding carboxylic acids is 3. The van der Waals surface area contributed by atoms with Crippen molar-refractivity contribution in [1.82, 2.24) is 15.2 Å². The lowest BCUT2D eigenvalue weighted by Gasteiger charge is -2.35. The molecule has 3 heterocycles. The van der Waals surface area contributed by atoms with E-state index in [9.17, 15) is 18.6 Å². The van der Waals surface area contributed by atoms with Gasteiger partial charge in [0.05, 0.1) is 24.8 Å². The van der Waals surface area contributed by atoms with Gasteiger partial charge < -0.3 is 24.3 Å². The van der Waals surface area contributed by atoms with Gasteiger partial charge >= 0.3 is 18.1 Å². The summed E-state index contributed by atoms with van der Waals surface area (Å²) in [5.41, 5.74) is 0.858. The summed E-state index contributed by atoms with van der Waals surface area (Å²) in [6.45, 7) is 5.18. The number of amidine groups is 1. The number of hydrogen-bond acceptors (Lipinski definition) is 13. The van der Waals surface area contributed by atoms with E-state index in [0.29, 0.717) is 34.4 Å². The lowest BCUT2D eigenvalue weighted by Crippen LogP contribution is -2.53. The maximum absolute atomic E-state index is 12.8. The van der Waals surface area contributed by atoms with E-state index >= 15 is 0 Å². The van der Waals surface area contributed by atoms with E-state index in [4.69, 9.17) is 18.9 Å². The molecule has 3 rings (SSSR count). The third-order valence-electron chi connectivity index (χ3n) is 4.92. The van der Waals surface area contributed by atoms with E-state index in [2.05, 4.69) is 15.3 Å². The second kappa shape index (κ2) is 12.7. The quantitative estimate of drug-likeness (QED) is 0.276. The summed E-state index contributed by atoms with van der Waals surface area (Å²) in [5, 5.41) is 5.63. The molecule has 192 valence electrons. The molecule has 2 unspecified atom stereocenters. The first-order valence-corrected chi connectivity index (χ1v) is 13.3. The van der Waals surface area contributed by atoms with Crippen LogP contribution in [0.25, 0.3) is 0 Å². The van der Waals surface area contributed by atoms with Gasteiger partial charge in [-0.15, -0.1) is 11.3 Å². The summed E-state index contributed by atoms with van der Waals surface area (Å²) >= 11 is 1.40. The highest BCUT2D eigenvalue weighted by molar-refractivity contribution is 7.85. The standard InChI is InChI=1S/C21H28N4O8S2/c1-4-30-19(26)14-9-23-17(18-22-5-7-34-18)24-15(14)10-25-6-8-35(29)11-16(25)20(27)31-12-32-21(28)33-13(2)3/h5,7,13,16H,4,6,8-12H2,1-3H3,(H,23,24). The van der Waals surface area contributed by atoms with Crippen molar-refractivity contribution in [2.45, 2.75) is 32.9 Å². The molecule has 0 aromatic carbocycles. The Hall–Kier alpha value is -2.84. The third kappa shape index (κ3) is 7.57. The van der Waals surface area contributed by atoms with Crippen LogP contribution in [0.15, 0.2) is 27.8 Å².